The molecule has 17 heavy (non-hydrogen) atoms. The van der Waals surface area contributed by atoms with Crippen molar-refractivity contribution in [3.05, 3.63) is 12.7 Å². The summed E-state index contributed by atoms with van der Waals surface area (Å²) in [6.07, 6.45) is 4.03. The highest BCUT2D eigenvalue weighted by Crippen LogP contribution is 2.66. The summed E-state index contributed by atoms with van der Waals surface area (Å²) in [4.78, 5) is 22.8. The molecule has 0 aromatic carbocycles. The van der Waals surface area contributed by atoms with E-state index in [-0.39, 0.29) is 29.0 Å². The third-order valence-corrected chi connectivity index (χ3v) is 4.68. The molecule has 92 valence electrons. The third kappa shape index (κ3) is 1.30. The maximum atomic E-state index is 11.5. The summed E-state index contributed by atoms with van der Waals surface area (Å²) >= 11 is 0. The van der Waals surface area contributed by atoms with E-state index in [4.69, 9.17) is 9.47 Å². The van der Waals surface area contributed by atoms with Crippen LogP contribution in [0, 0.1) is 10.8 Å². The zero-order valence-electron chi connectivity index (χ0n) is 9.90. The number of ether oxygens (including phenoxy) is 2. The van der Waals surface area contributed by atoms with Crippen LogP contribution in [-0.2, 0) is 19.1 Å². The van der Waals surface area contributed by atoms with Crippen molar-refractivity contribution < 1.29 is 19.1 Å². The van der Waals surface area contributed by atoms with E-state index in [0.29, 0.717) is 6.42 Å². The van der Waals surface area contributed by atoms with E-state index in [9.17, 15) is 9.59 Å². The first-order valence-corrected chi connectivity index (χ1v) is 6.02. The fraction of sp³-hybridized carbons (Fsp3) is 0.692. The molecule has 1 heterocycles. The van der Waals surface area contributed by atoms with Gasteiger partial charge in [0.15, 0.2) is 0 Å². The smallest absolute Gasteiger partial charge is 0.330 e. The van der Waals surface area contributed by atoms with Crippen LogP contribution in [0.1, 0.15) is 32.6 Å². The standard InChI is InChI=1S/C13H16O4/c1-3-8(14)16-10-11-13(6-9(15)17-11)5-4-12(10,2)7-13/h3,10-11H,1,4-7H2,2H3. The van der Waals surface area contributed by atoms with Crippen LogP contribution in [0.5, 0.6) is 0 Å². The predicted octanol–water partition coefficient (Wildman–Crippen LogP) is 1.59. The highest BCUT2D eigenvalue weighted by molar-refractivity contribution is 5.81. The summed E-state index contributed by atoms with van der Waals surface area (Å²) in [7, 11) is 0. The maximum Gasteiger partial charge on any atom is 0.330 e. The molecular formula is C13H16O4. The minimum absolute atomic E-state index is 0.0377. The molecule has 3 rings (SSSR count). The van der Waals surface area contributed by atoms with Gasteiger partial charge in [-0.3, -0.25) is 4.79 Å². The van der Waals surface area contributed by atoms with Crippen molar-refractivity contribution in [2.75, 3.05) is 0 Å². The largest absolute Gasteiger partial charge is 0.458 e. The summed E-state index contributed by atoms with van der Waals surface area (Å²) in [6, 6.07) is 0. The Morgan fingerprint density at radius 3 is 3.06 bits per heavy atom. The number of carbonyl (C=O) groups is 2. The van der Waals surface area contributed by atoms with E-state index in [0.717, 1.165) is 19.3 Å². The number of rotatable bonds is 2. The average molecular weight is 236 g/mol. The molecule has 3 aliphatic rings. The minimum Gasteiger partial charge on any atom is -0.458 e. The van der Waals surface area contributed by atoms with Crippen LogP contribution in [0.2, 0.25) is 0 Å². The Bertz CT molecular complexity index is 416. The van der Waals surface area contributed by atoms with E-state index in [1.54, 1.807) is 0 Å². The van der Waals surface area contributed by atoms with Crippen molar-refractivity contribution in [1.29, 1.82) is 0 Å². The van der Waals surface area contributed by atoms with Crippen molar-refractivity contribution >= 4 is 11.9 Å². The Hall–Kier alpha value is -1.32. The molecule has 4 nitrogen and oxygen atoms in total. The van der Waals surface area contributed by atoms with Gasteiger partial charge < -0.3 is 9.47 Å². The van der Waals surface area contributed by atoms with Crippen LogP contribution in [0.3, 0.4) is 0 Å². The first kappa shape index (κ1) is 10.8. The normalized spacial score (nSPS) is 46.5. The molecule has 4 atom stereocenters. The van der Waals surface area contributed by atoms with Gasteiger partial charge in [-0.25, -0.2) is 4.79 Å². The number of hydrogen-bond donors (Lipinski definition) is 0. The highest BCUT2D eigenvalue weighted by Gasteiger charge is 2.70. The summed E-state index contributed by atoms with van der Waals surface area (Å²) in [5.74, 6) is -0.583. The molecule has 0 aromatic heterocycles. The Morgan fingerprint density at radius 2 is 2.35 bits per heavy atom. The van der Waals surface area contributed by atoms with Gasteiger partial charge in [0.05, 0.1) is 6.42 Å². The van der Waals surface area contributed by atoms with Crippen LogP contribution in [0.25, 0.3) is 0 Å². The van der Waals surface area contributed by atoms with Gasteiger partial charge in [-0.2, -0.15) is 0 Å². The number of carbonyl (C=O) groups excluding carboxylic acids is 2. The molecule has 0 aromatic rings. The lowest BCUT2D eigenvalue weighted by Gasteiger charge is -2.35. The van der Waals surface area contributed by atoms with Crippen LogP contribution in [-0.4, -0.2) is 24.1 Å². The Labute approximate surface area is 100.0 Å². The van der Waals surface area contributed by atoms with Gasteiger partial charge in [-0.15, -0.1) is 0 Å². The fourth-order valence-corrected chi connectivity index (χ4v) is 3.97. The first-order valence-electron chi connectivity index (χ1n) is 6.02. The second-order valence-corrected chi connectivity index (χ2v) is 5.84. The molecule has 2 saturated carbocycles. The van der Waals surface area contributed by atoms with E-state index in [1.165, 1.54) is 6.08 Å². The van der Waals surface area contributed by atoms with E-state index in [1.807, 2.05) is 0 Å². The lowest BCUT2D eigenvalue weighted by Crippen LogP contribution is -2.43. The van der Waals surface area contributed by atoms with E-state index >= 15 is 0 Å². The molecule has 1 saturated heterocycles. The summed E-state index contributed by atoms with van der Waals surface area (Å²) in [6.45, 7) is 5.52. The molecule has 2 bridgehead atoms. The maximum absolute atomic E-state index is 11.5. The molecule has 0 radical (unpaired) electrons. The van der Waals surface area contributed by atoms with Crippen molar-refractivity contribution in [2.45, 2.75) is 44.8 Å². The first-order chi connectivity index (χ1) is 7.99. The average Bonchev–Trinajstić information content (AvgIpc) is 2.83. The van der Waals surface area contributed by atoms with Crippen molar-refractivity contribution in [3.63, 3.8) is 0 Å². The molecule has 3 fully saturated rings. The SMILES string of the molecule is C=CC(=O)OC1C2OC(=O)CC23CCC1(C)C3. The molecular weight excluding hydrogens is 220 g/mol. The van der Waals surface area contributed by atoms with Gasteiger partial charge in [0.25, 0.3) is 0 Å². The number of esters is 2. The predicted molar refractivity (Wildman–Crippen MR) is 59.0 cm³/mol. The number of fused-ring (bicyclic) bond motifs is 1. The minimum atomic E-state index is -0.429. The van der Waals surface area contributed by atoms with Crippen molar-refractivity contribution in [3.8, 4) is 0 Å². The fourth-order valence-electron chi connectivity index (χ4n) is 3.97. The molecule has 4 unspecified atom stereocenters. The lowest BCUT2D eigenvalue weighted by atomic mass is 9.78. The van der Waals surface area contributed by atoms with Gasteiger partial charge in [-0.05, 0) is 19.3 Å². The van der Waals surface area contributed by atoms with Crippen LogP contribution in [0.4, 0.5) is 0 Å². The summed E-state index contributed by atoms with van der Waals surface area (Å²) in [5.41, 5.74) is -0.109. The zero-order chi connectivity index (χ0) is 12.3. The third-order valence-electron chi connectivity index (χ3n) is 4.68. The number of hydrogen-bond acceptors (Lipinski definition) is 4. The molecule has 4 heteroatoms. The Kier molecular flexibility index (Phi) is 1.98. The second-order valence-electron chi connectivity index (χ2n) is 5.84. The topological polar surface area (TPSA) is 52.6 Å². The van der Waals surface area contributed by atoms with Gasteiger partial charge in [0, 0.05) is 16.9 Å². The molecule has 2 aliphatic carbocycles. The van der Waals surface area contributed by atoms with E-state index in [2.05, 4.69) is 13.5 Å². The van der Waals surface area contributed by atoms with Crippen molar-refractivity contribution in [1.82, 2.24) is 0 Å². The monoisotopic (exact) mass is 236 g/mol. The zero-order valence-corrected chi connectivity index (χ0v) is 9.90. The molecule has 0 amide bonds. The Morgan fingerprint density at radius 1 is 1.59 bits per heavy atom. The molecule has 1 spiro atoms. The quantitative estimate of drug-likeness (QED) is 0.539. The molecule has 0 N–H and O–H groups in total. The molecule has 1 aliphatic heterocycles. The van der Waals surface area contributed by atoms with Gasteiger partial charge >= 0.3 is 11.9 Å². The Balaban J connectivity index is 1.91. The van der Waals surface area contributed by atoms with Gasteiger partial charge in [-0.1, -0.05) is 13.5 Å². The van der Waals surface area contributed by atoms with Gasteiger partial charge in [0.2, 0.25) is 0 Å². The second kappa shape index (κ2) is 3.12. The van der Waals surface area contributed by atoms with Gasteiger partial charge in [0.1, 0.15) is 12.2 Å². The van der Waals surface area contributed by atoms with Crippen LogP contribution < -0.4 is 0 Å². The summed E-state index contributed by atoms with van der Waals surface area (Å²) < 4.78 is 10.8. The summed E-state index contributed by atoms with van der Waals surface area (Å²) in [5, 5.41) is 0. The van der Waals surface area contributed by atoms with Crippen LogP contribution in [0.15, 0.2) is 12.7 Å². The van der Waals surface area contributed by atoms with E-state index < -0.39 is 5.97 Å². The lowest BCUT2D eigenvalue weighted by molar-refractivity contribution is -0.167. The highest BCUT2D eigenvalue weighted by atomic mass is 16.6. The van der Waals surface area contributed by atoms with Crippen molar-refractivity contribution in [2.24, 2.45) is 10.8 Å². The van der Waals surface area contributed by atoms with Crippen LogP contribution >= 0.6 is 0 Å².